The fourth-order valence-electron chi connectivity index (χ4n) is 2.97. The van der Waals surface area contributed by atoms with Crippen molar-refractivity contribution in [2.75, 3.05) is 40.5 Å². The van der Waals surface area contributed by atoms with Gasteiger partial charge in [0.2, 0.25) is 0 Å². The highest BCUT2D eigenvalue weighted by Gasteiger charge is 2.11. The summed E-state index contributed by atoms with van der Waals surface area (Å²) in [7, 11) is 3.41. The molecule has 1 heterocycles. The van der Waals surface area contributed by atoms with E-state index in [4.69, 9.17) is 14.2 Å². The summed E-state index contributed by atoms with van der Waals surface area (Å²) in [4.78, 5) is 4.25. The average molecular weight is 369 g/mol. The number of hydrogen-bond acceptors (Lipinski definition) is 4. The van der Waals surface area contributed by atoms with Gasteiger partial charge in [-0.3, -0.25) is 4.99 Å². The summed E-state index contributed by atoms with van der Waals surface area (Å²) in [6, 6.07) is 14.0. The van der Waals surface area contributed by atoms with Crippen molar-refractivity contribution in [3.05, 3.63) is 53.6 Å². The minimum absolute atomic E-state index is 0.540. The van der Waals surface area contributed by atoms with E-state index in [0.29, 0.717) is 13.2 Å². The summed E-state index contributed by atoms with van der Waals surface area (Å²) in [5.74, 6) is 3.38. The van der Waals surface area contributed by atoms with Crippen LogP contribution >= 0.6 is 0 Å². The molecule has 0 amide bonds. The molecule has 0 radical (unpaired) electrons. The highest BCUT2D eigenvalue weighted by molar-refractivity contribution is 5.79. The molecular weight excluding hydrogens is 342 g/mol. The van der Waals surface area contributed by atoms with Crippen LogP contribution in [-0.4, -0.2) is 46.4 Å². The molecule has 0 atom stereocenters. The molecule has 0 unspecified atom stereocenters. The van der Waals surface area contributed by atoms with Crippen molar-refractivity contribution in [3.8, 4) is 17.2 Å². The molecule has 0 saturated heterocycles. The molecule has 0 bridgehead atoms. The van der Waals surface area contributed by atoms with Crippen molar-refractivity contribution >= 4 is 5.96 Å². The Morgan fingerprint density at radius 2 is 1.96 bits per heavy atom. The third-order valence-electron chi connectivity index (χ3n) is 4.39. The first-order chi connectivity index (χ1) is 13.3. The molecule has 27 heavy (non-hydrogen) atoms. The molecule has 2 N–H and O–H groups in total. The van der Waals surface area contributed by atoms with Crippen molar-refractivity contribution in [2.24, 2.45) is 4.99 Å². The van der Waals surface area contributed by atoms with Gasteiger partial charge in [0.25, 0.3) is 0 Å². The van der Waals surface area contributed by atoms with Gasteiger partial charge in [-0.25, -0.2) is 0 Å². The molecule has 1 aliphatic rings. The minimum Gasteiger partial charge on any atom is -0.497 e. The van der Waals surface area contributed by atoms with E-state index in [0.717, 1.165) is 49.2 Å². The van der Waals surface area contributed by atoms with Gasteiger partial charge in [0.1, 0.15) is 23.9 Å². The normalized spacial score (nSPS) is 12.9. The summed E-state index contributed by atoms with van der Waals surface area (Å²) < 4.78 is 16.5. The lowest BCUT2D eigenvalue weighted by Gasteiger charge is -2.13. The van der Waals surface area contributed by atoms with Crippen LogP contribution in [0.4, 0.5) is 0 Å². The van der Waals surface area contributed by atoms with E-state index < -0.39 is 0 Å². The molecule has 0 fully saturated rings. The van der Waals surface area contributed by atoms with Gasteiger partial charge in [-0.2, -0.15) is 0 Å². The molecule has 0 aliphatic carbocycles. The fourth-order valence-corrected chi connectivity index (χ4v) is 2.97. The molecule has 2 aromatic carbocycles. The summed E-state index contributed by atoms with van der Waals surface area (Å²) in [6.07, 6.45) is 1.95. The largest absolute Gasteiger partial charge is 0.497 e. The zero-order valence-electron chi connectivity index (χ0n) is 16.0. The maximum absolute atomic E-state index is 5.72. The molecule has 1 aliphatic heterocycles. The topological polar surface area (TPSA) is 64.1 Å². The van der Waals surface area contributed by atoms with E-state index in [1.807, 2.05) is 24.3 Å². The van der Waals surface area contributed by atoms with E-state index in [2.05, 4.69) is 33.8 Å². The SMILES string of the molecule is CN=C(NCCOc1cccc(OC)c1)NCCc1ccc2c(c1)CCO2. The minimum atomic E-state index is 0.540. The van der Waals surface area contributed by atoms with Gasteiger partial charge in [-0.1, -0.05) is 18.2 Å². The molecule has 6 nitrogen and oxygen atoms in total. The molecule has 0 spiro atoms. The lowest BCUT2D eigenvalue weighted by molar-refractivity contribution is 0.319. The third kappa shape index (κ3) is 5.54. The van der Waals surface area contributed by atoms with Crippen LogP contribution in [0.2, 0.25) is 0 Å². The summed E-state index contributed by atoms with van der Waals surface area (Å²) in [5.41, 5.74) is 2.62. The van der Waals surface area contributed by atoms with Gasteiger partial charge >= 0.3 is 0 Å². The number of ether oxygens (including phenoxy) is 3. The Hall–Kier alpha value is -2.89. The van der Waals surface area contributed by atoms with Crippen LogP contribution in [0, 0.1) is 0 Å². The summed E-state index contributed by atoms with van der Waals surface area (Å²) in [6.45, 7) is 2.81. The Balaban J connectivity index is 1.35. The summed E-state index contributed by atoms with van der Waals surface area (Å²) >= 11 is 0. The van der Waals surface area contributed by atoms with Gasteiger partial charge < -0.3 is 24.8 Å². The second-order valence-corrected chi connectivity index (χ2v) is 6.24. The van der Waals surface area contributed by atoms with Gasteiger partial charge in [0.15, 0.2) is 5.96 Å². The first-order valence-corrected chi connectivity index (χ1v) is 9.24. The Morgan fingerprint density at radius 3 is 2.81 bits per heavy atom. The van der Waals surface area contributed by atoms with Crippen LogP contribution in [0.15, 0.2) is 47.5 Å². The Morgan fingerprint density at radius 1 is 1.11 bits per heavy atom. The zero-order valence-corrected chi connectivity index (χ0v) is 16.0. The maximum Gasteiger partial charge on any atom is 0.191 e. The molecule has 0 aromatic heterocycles. The predicted molar refractivity (Wildman–Crippen MR) is 107 cm³/mol. The van der Waals surface area contributed by atoms with Crippen molar-refractivity contribution in [2.45, 2.75) is 12.8 Å². The first kappa shape index (κ1) is 18.9. The predicted octanol–water partition coefficient (Wildman–Crippen LogP) is 2.42. The molecule has 2 aromatic rings. The van der Waals surface area contributed by atoms with E-state index >= 15 is 0 Å². The van der Waals surface area contributed by atoms with Gasteiger partial charge in [0.05, 0.1) is 20.3 Å². The Bertz CT molecular complexity index is 777. The number of aliphatic imine (C=N–C) groups is 1. The standard InChI is InChI=1S/C21H27N3O3/c1-22-21(24-11-13-26-19-5-3-4-18(15-19)25-2)23-10-8-16-6-7-20-17(14-16)9-12-27-20/h3-7,14-15H,8-13H2,1-2H3,(H2,22,23,24). The number of benzene rings is 2. The monoisotopic (exact) mass is 369 g/mol. The highest BCUT2D eigenvalue weighted by Crippen LogP contribution is 2.25. The highest BCUT2D eigenvalue weighted by atomic mass is 16.5. The van der Waals surface area contributed by atoms with Crippen molar-refractivity contribution < 1.29 is 14.2 Å². The molecule has 144 valence electrons. The van der Waals surface area contributed by atoms with E-state index in [9.17, 15) is 0 Å². The summed E-state index contributed by atoms with van der Waals surface area (Å²) in [5, 5.41) is 6.59. The zero-order chi connectivity index (χ0) is 18.9. The van der Waals surface area contributed by atoms with E-state index in [-0.39, 0.29) is 0 Å². The molecular formula is C21H27N3O3. The number of fused-ring (bicyclic) bond motifs is 1. The van der Waals surface area contributed by atoms with Crippen molar-refractivity contribution in [1.29, 1.82) is 0 Å². The van der Waals surface area contributed by atoms with Crippen LogP contribution in [0.1, 0.15) is 11.1 Å². The Labute approximate surface area is 160 Å². The number of nitrogens with zero attached hydrogens (tertiary/aromatic N) is 1. The van der Waals surface area contributed by atoms with E-state index in [1.165, 1.54) is 11.1 Å². The fraction of sp³-hybridized carbons (Fsp3) is 0.381. The lowest BCUT2D eigenvalue weighted by atomic mass is 10.1. The first-order valence-electron chi connectivity index (χ1n) is 9.24. The number of guanidine groups is 1. The van der Waals surface area contributed by atoms with Gasteiger partial charge in [-0.05, 0) is 35.7 Å². The number of methoxy groups -OCH3 is 1. The second-order valence-electron chi connectivity index (χ2n) is 6.24. The van der Waals surface area contributed by atoms with Crippen LogP contribution < -0.4 is 24.8 Å². The number of nitrogens with one attached hydrogen (secondary N) is 2. The molecule has 6 heteroatoms. The molecule has 3 rings (SSSR count). The van der Waals surface area contributed by atoms with E-state index in [1.54, 1.807) is 14.2 Å². The quantitative estimate of drug-likeness (QED) is 0.425. The van der Waals surface area contributed by atoms with Gasteiger partial charge in [0, 0.05) is 26.1 Å². The smallest absolute Gasteiger partial charge is 0.191 e. The second kappa shape index (κ2) is 9.71. The lowest BCUT2D eigenvalue weighted by Crippen LogP contribution is -2.40. The van der Waals surface area contributed by atoms with Crippen molar-refractivity contribution in [3.63, 3.8) is 0 Å². The average Bonchev–Trinajstić information content (AvgIpc) is 3.18. The number of hydrogen-bond donors (Lipinski definition) is 2. The molecule has 0 saturated carbocycles. The van der Waals surface area contributed by atoms with Gasteiger partial charge in [-0.15, -0.1) is 0 Å². The van der Waals surface area contributed by atoms with Crippen LogP contribution in [-0.2, 0) is 12.8 Å². The third-order valence-corrected chi connectivity index (χ3v) is 4.39. The van der Waals surface area contributed by atoms with Crippen molar-refractivity contribution in [1.82, 2.24) is 10.6 Å². The van der Waals surface area contributed by atoms with Crippen LogP contribution in [0.25, 0.3) is 0 Å². The van der Waals surface area contributed by atoms with Crippen LogP contribution in [0.3, 0.4) is 0 Å². The Kier molecular flexibility index (Phi) is 6.79. The number of rotatable bonds is 8. The van der Waals surface area contributed by atoms with Crippen LogP contribution in [0.5, 0.6) is 17.2 Å². The maximum atomic E-state index is 5.72.